The lowest BCUT2D eigenvalue weighted by atomic mass is 10.1. The number of rotatable bonds is 1. The summed E-state index contributed by atoms with van der Waals surface area (Å²) in [6.45, 7) is 0. The highest BCUT2D eigenvalue weighted by atomic mass is 15.3. The number of aromatic amines is 1. The molecule has 0 saturated carbocycles. The zero-order valence-electron chi connectivity index (χ0n) is 9.48. The van der Waals surface area contributed by atoms with Crippen LogP contribution in [0.5, 0.6) is 0 Å². The molecule has 88 valence electrons. The first-order chi connectivity index (χ1) is 8.34. The molecule has 0 fully saturated rings. The van der Waals surface area contributed by atoms with Crippen LogP contribution in [0.1, 0.15) is 30.5 Å². The minimum Gasteiger partial charge on any atom is -0.383 e. The van der Waals surface area contributed by atoms with Gasteiger partial charge in [-0.2, -0.15) is 15.4 Å². The molecule has 0 saturated heterocycles. The number of aromatic nitrogens is 5. The lowest BCUT2D eigenvalue weighted by molar-refractivity contribution is 0.709. The van der Waals surface area contributed by atoms with Gasteiger partial charge in [-0.15, -0.1) is 0 Å². The molecule has 6 heteroatoms. The van der Waals surface area contributed by atoms with Gasteiger partial charge in [0.1, 0.15) is 11.5 Å². The number of aryl methyl sites for hydroxylation is 1. The summed E-state index contributed by atoms with van der Waals surface area (Å²) in [5, 5.41) is 10.3. The maximum absolute atomic E-state index is 6.01. The van der Waals surface area contributed by atoms with E-state index in [1.807, 2.05) is 0 Å². The maximum Gasteiger partial charge on any atom is 0.184 e. The fourth-order valence-corrected chi connectivity index (χ4v) is 2.22. The maximum atomic E-state index is 6.01. The number of nitrogens with one attached hydrogen (secondary N) is 1. The van der Waals surface area contributed by atoms with E-state index in [4.69, 9.17) is 5.73 Å². The van der Waals surface area contributed by atoms with Crippen molar-refractivity contribution in [3.63, 3.8) is 0 Å². The van der Waals surface area contributed by atoms with Crippen LogP contribution >= 0.6 is 0 Å². The molecule has 6 nitrogen and oxygen atoms in total. The van der Waals surface area contributed by atoms with Gasteiger partial charge >= 0.3 is 0 Å². The third kappa shape index (κ3) is 1.86. The van der Waals surface area contributed by atoms with Gasteiger partial charge in [-0.25, -0.2) is 9.97 Å². The Hall–Kier alpha value is -1.98. The molecule has 1 aliphatic carbocycles. The number of anilines is 1. The summed E-state index contributed by atoms with van der Waals surface area (Å²) in [6.07, 6.45) is 7.14. The predicted molar refractivity (Wildman–Crippen MR) is 63.1 cm³/mol. The third-order valence-electron chi connectivity index (χ3n) is 3.11. The summed E-state index contributed by atoms with van der Waals surface area (Å²) in [5.41, 5.74) is 8.85. The van der Waals surface area contributed by atoms with Crippen molar-refractivity contribution in [2.24, 2.45) is 0 Å². The second-order valence-electron chi connectivity index (χ2n) is 4.27. The zero-order chi connectivity index (χ0) is 11.7. The highest BCUT2D eigenvalue weighted by Gasteiger charge is 2.16. The molecule has 2 heterocycles. The summed E-state index contributed by atoms with van der Waals surface area (Å²) in [5.74, 6) is 1.16. The predicted octanol–water partition coefficient (Wildman–Crippen LogP) is 1.11. The van der Waals surface area contributed by atoms with Crippen molar-refractivity contribution >= 4 is 5.82 Å². The van der Waals surface area contributed by atoms with Crippen molar-refractivity contribution in [3.8, 4) is 11.5 Å². The van der Waals surface area contributed by atoms with E-state index in [1.165, 1.54) is 19.3 Å². The normalized spacial score (nSPS) is 15.3. The van der Waals surface area contributed by atoms with Crippen LogP contribution in [-0.4, -0.2) is 25.4 Å². The van der Waals surface area contributed by atoms with Crippen molar-refractivity contribution in [3.05, 3.63) is 17.5 Å². The standard InChI is InChI=1S/C11H14N6/c12-10-7-4-2-1-3-5-8(7)14-11(15-10)9-6-13-17-16-9/h6H,1-5H2,(H2,12,14,15)(H,13,16,17). The number of nitrogens with two attached hydrogens (primary N) is 1. The largest absolute Gasteiger partial charge is 0.383 e. The van der Waals surface area contributed by atoms with Crippen LogP contribution in [0.15, 0.2) is 6.20 Å². The Morgan fingerprint density at radius 2 is 2.00 bits per heavy atom. The van der Waals surface area contributed by atoms with Crippen LogP contribution in [0.3, 0.4) is 0 Å². The molecule has 0 aliphatic heterocycles. The molecule has 0 amide bonds. The van der Waals surface area contributed by atoms with Crippen LogP contribution in [0.25, 0.3) is 11.5 Å². The Labute approximate surface area is 98.7 Å². The molecule has 0 radical (unpaired) electrons. The molecule has 0 spiro atoms. The van der Waals surface area contributed by atoms with Gasteiger partial charge in [0.05, 0.1) is 6.20 Å². The molecular weight excluding hydrogens is 216 g/mol. The fraction of sp³-hybridized carbons (Fsp3) is 0.455. The molecule has 1 aliphatic rings. The van der Waals surface area contributed by atoms with E-state index in [1.54, 1.807) is 6.20 Å². The van der Waals surface area contributed by atoms with Crippen molar-refractivity contribution < 1.29 is 0 Å². The summed E-state index contributed by atoms with van der Waals surface area (Å²) in [6, 6.07) is 0. The van der Waals surface area contributed by atoms with Gasteiger partial charge in [-0.3, -0.25) is 0 Å². The average Bonchev–Trinajstić information content (AvgIpc) is 2.75. The summed E-state index contributed by atoms with van der Waals surface area (Å²) >= 11 is 0. The van der Waals surface area contributed by atoms with Crippen molar-refractivity contribution in [2.75, 3.05) is 5.73 Å². The van der Waals surface area contributed by atoms with Crippen molar-refractivity contribution in [2.45, 2.75) is 32.1 Å². The second-order valence-corrected chi connectivity index (χ2v) is 4.27. The van der Waals surface area contributed by atoms with Crippen molar-refractivity contribution in [1.82, 2.24) is 25.4 Å². The molecule has 0 unspecified atom stereocenters. The number of nitrogens with zero attached hydrogens (tertiary/aromatic N) is 4. The Bertz CT molecular complexity index is 519. The Balaban J connectivity index is 2.09. The number of H-pyrrole nitrogens is 1. The van der Waals surface area contributed by atoms with Gasteiger partial charge < -0.3 is 5.73 Å². The lowest BCUT2D eigenvalue weighted by Crippen LogP contribution is -2.06. The zero-order valence-corrected chi connectivity index (χ0v) is 9.48. The van der Waals surface area contributed by atoms with E-state index < -0.39 is 0 Å². The lowest BCUT2D eigenvalue weighted by Gasteiger charge is -2.08. The fourth-order valence-electron chi connectivity index (χ4n) is 2.22. The molecule has 3 rings (SSSR count). The smallest absolute Gasteiger partial charge is 0.184 e. The van der Waals surface area contributed by atoms with E-state index in [9.17, 15) is 0 Å². The SMILES string of the molecule is Nc1nc(-c2cn[nH]n2)nc2c1CCCCC2. The van der Waals surface area contributed by atoms with E-state index in [-0.39, 0.29) is 0 Å². The first kappa shape index (κ1) is 10.2. The monoisotopic (exact) mass is 230 g/mol. The molecule has 0 bridgehead atoms. The summed E-state index contributed by atoms with van der Waals surface area (Å²) < 4.78 is 0. The molecule has 3 N–H and O–H groups in total. The molecule has 17 heavy (non-hydrogen) atoms. The van der Waals surface area contributed by atoms with Gasteiger partial charge in [-0.1, -0.05) is 6.42 Å². The van der Waals surface area contributed by atoms with Crippen LogP contribution in [-0.2, 0) is 12.8 Å². The Morgan fingerprint density at radius 3 is 2.82 bits per heavy atom. The Kier molecular flexibility index (Phi) is 2.47. The minimum atomic E-state index is 0.567. The third-order valence-corrected chi connectivity index (χ3v) is 3.11. The Morgan fingerprint density at radius 1 is 1.12 bits per heavy atom. The molecule has 0 aromatic carbocycles. The number of fused-ring (bicyclic) bond motifs is 1. The van der Waals surface area contributed by atoms with E-state index >= 15 is 0 Å². The highest BCUT2D eigenvalue weighted by Crippen LogP contribution is 2.25. The van der Waals surface area contributed by atoms with Gasteiger partial charge in [0, 0.05) is 11.3 Å². The molecule has 2 aromatic heterocycles. The quantitative estimate of drug-likeness (QED) is 0.716. The van der Waals surface area contributed by atoms with Crippen molar-refractivity contribution in [1.29, 1.82) is 0 Å². The van der Waals surface area contributed by atoms with Crippen LogP contribution < -0.4 is 5.73 Å². The first-order valence-corrected chi connectivity index (χ1v) is 5.86. The van der Waals surface area contributed by atoms with Gasteiger partial charge in [0.2, 0.25) is 0 Å². The molecule has 0 atom stereocenters. The topological polar surface area (TPSA) is 93.4 Å². The van der Waals surface area contributed by atoms with Crippen LogP contribution in [0.2, 0.25) is 0 Å². The number of hydrogen-bond acceptors (Lipinski definition) is 5. The second kappa shape index (κ2) is 4.12. The average molecular weight is 230 g/mol. The van der Waals surface area contributed by atoms with E-state index in [0.717, 1.165) is 24.1 Å². The van der Waals surface area contributed by atoms with Gasteiger partial charge in [0.25, 0.3) is 0 Å². The number of nitrogen functional groups attached to an aromatic ring is 1. The van der Waals surface area contributed by atoms with E-state index in [2.05, 4.69) is 25.4 Å². The molecular formula is C11H14N6. The van der Waals surface area contributed by atoms with Crippen LogP contribution in [0.4, 0.5) is 5.82 Å². The van der Waals surface area contributed by atoms with Gasteiger partial charge in [-0.05, 0) is 25.7 Å². The molecule has 2 aromatic rings. The summed E-state index contributed by atoms with van der Waals surface area (Å²) in [7, 11) is 0. The number of hydrogen-bond donors (Lipinski definition) is 2. The van der Waals surface area contributed by atoms with Crippen LogP contribution in [0, 0.1) is 0 Å². The first-order valence-electron chi connectivity index (χ1n) is 5.86. The van der Waals surface area contributed by atoms with Gasteiger partial charge in [0.15, 0.2) is 5.82 Å². The van der Waals surface area contributed by atoms with E-state index in [0.29, 0.717) is 17.3 Å². The minimum absolute atomic E-state index is 0.567. The highest BCUT2D eigenvalue weighted by molar-refractivity contribution is 5.54. The summed E-state index contributed by atoms with van der Waals surface area (Å²) in [4.78, 5) is 8.88.